The number of aryl methyl sites for hydroxylation is 1. The van der Waals surface area contributed by atoms with Crippen LogP contribution < -0.4 is 10.2 Å². The first kappa shape index (κ1) is 12.3. The Balaban J connectivity index is 1.64. The summed E-state index contributed by atoms with van der Waals surface area (Å²) in [7, 11) is 0. The summed E-state index contributed by atoms with van der Waals surface area (Å²) in [6.07, 6.45) is 0. The number of hydrogen-bond donors (Lipinski definition) is 1. The highest BCUT2D eigenvalue weighted by atomic mass is 15.4. The van der Waals surface area contributed by atoms with Gasteiger partial charge in [0.25, 0.3) is 0 Å². The van der Waals surface area contributed by atoms with Crippen LogP contribution in [-0.4, -0.2) is 60.2 Å². The Hall–Kier alpha value is -1.71. The van der Waals surface area contributed by atoms with Gasteiger partial charge in [-0.05, 0) is 13.0 Å². The third-order valence-electron chi connectivity index (χ3n) is 3.77. The van der Waals surface area contributed by atoms with Crippen LogP contribution in [0.5, 0.6) is 0 Å². The second kappa shape index (κ2) is 5.11. The molecule has 3 heterocycles. The molecule has 0 saturated carbocycles. The van der Waals surface area contributed by atoms with Crippen molar-refractivity contribution in [3.63, 3.8) is 0 Å². The molecule has 0 unspecified atom stereocenters. The van der Waals surface area contributed by atoms with E-state index < -0.39 is 0 Å². The lowest BCUT2D eigenvalue weighted by atomic mass is 10.1. The average Bonchev–Trinajstić information content (AvgIpc) is 2.37. The molecule has 2 saturated heterocycles. The maximum Gasteiger partial charge on any atom is 0.226 e. The summed E-state index contributed by atoms with van der Waals surface area (Å²) in [6, 6.07) is 4.42. The lowest BCUT2D eigenvalue weighted by Crippen LogP contribution is -2.63. The Morgan fingerprint density at radius 1 is 1.32 bits per heavy atom. The maximum absolute atomic E-state index is 8.94. The lowest BCUT2D eigenvalue weighted by Gasteiger charge is -2.46. The van der Waals surface area contributed by atoms with Crippen LogP contribution in [0, 0.1) is 18.3 Å². The number of rotatable bonds is 2. The van der Waals surface area contributed by atoms with Gasteiger partial charge in [0.2, 0.25) is 5.95 Å². The van der Waals surface area contributed by atoms with Gasteiger partial charge in [-0.25, -0.2) is 9.97 Å². The smallest absolute Gasteiger partial charge is 0.226 e. The first-order valence-electron chi connectivity index (χ1n) is 6.72. The van der Waals surface area contributed by atoms with Crippen molar-refractivity contribution in [2.24, 2.45) is 0 Å². The molecule has 2 fully saturated rings. The topological polar surface area (TPSA) is 68.1 Å². The van der Waals surface area contributed by atoms with E-state index >= 15 is 0 Å². The van der Waals surface area contributed by atoms with Crippen LogP contribution in [0.3, 0.4) is 0 Å². The average molecular weight is 258 g/mol. The molecule has 3 rings (SSSR count). The van der Waals surface area contributed by atoms with Crippen LogP contribution >= 0.6 is 0 Å². The van der Waals surface area contributed by atoms with Gasteiger partial charge < -0.3 is 10.2 Å². The van der Waals surface area contributed by atoms with Gasteiger partial charge in [-0.1, -0.05) is 0 Å². The summed E-state index contributed by atoms with van der Waals surface area (Å²) in [4.78, 5) is 13.4. The second-order valence-electron chi connectivity index (χ2n) is 5.15. The fourth-order valence-corrected chi connectivity index (χ4v) is 2.65. The minimum absolute atomic E-state index is 0.452. The number of nitrogens with zero attached hydrogens (tertiary/aromatic N) is 5. The molecule has 0 bridgehead atoms. The number of nitriles is 1. The van der Waals surface area contributed by atoms with E-state index in [0.29, 0.717) is 17.7 Å². The van der Waals surface area contributed by atoms with Gasteiger partial charge in [0.1, 0.15) is 11.8 Å². The summed E-state index contributed by atoms with van der Waals surface area (Å²) < 4.78 is 0. The van der Waals surface area contributed by atoms with Crippen molar-refractivity contribution in [2.75, 3.05) is 44.2 Å². The molecule has 0 aliphatic carbocycles. The van der Waals surface area contributed by atoms with Crippen molar-refractivity contribution in [3.05, 3.63) is 17.5 Å². The minimum atomic E-state index is 0.452. The predicted molar refractivity (Wildman–Crippen MR) is 71.9 cm³/mol. The predicted octanol–water partition coefficient (Wildman–Crippen LogP) is -0.249. The third kappa shape index (κ3) is 2.53. The van der Waals surface area contributed by atoms with Gasteiger partial charge in [0, 0.05) is 51.0 Å². The van der Waals surface area contributed by atoms with Crippen molar-refractivity contribution >= 4 is 5.95 Å². The van der Waals surface area contributed by atoms with Crippen LogP contribution in [0.2, 0.25) is 0 Å². The Labute approximate surface area is 113 Å². The van der Waals surface area contributed by atoms with Crippen molar-refractivity contribution in [3.8, 4) is 6.07 Å². The monoisotopic (exact) mass is 258 g/mol. The van der Waals surface area contributed by atoms with E-state index in [9.17, 15) is 0 Å². The Bertz CT molecular complexity index is 496. The molecule has 1 aromatic rings. The number of nitrogens with one attached hydrogen (secondary N) is 1. The van der Waals surface area contributed by atoms with Gasteiger partial charge in [0.05, 0.1) is 0 Å². The molecule has 2 aliphatic rings. The second-order valence-corrected chi connectivity index (χ2v) is 5.15. The highest BCUT2D eigenvalue weighted by Gasteiger charge is 2.33. The fourth-order valence-electron chi connectivity index (χ4n) is 2.65. The van der Waals surface area contributed by atoms with Gasteiger partial charge in [-0.3, -0.25) is 4.90 Å². The van der Waals surface area contributed by atoms with Gasteiger partial charge in [-0.2, -0.15) is 5.26 Å². The van der Waals surface area contributed by atoms with Crippen molar-refractivity contribution in [1.29, 1.82) is 5.26 Å². The van der Waals surface area contributed by atoms with Gasteiger partial charge >= 0.3 is 0 Å². The van der Waals surface area contributed by atoms with Crippen molar-refractivity contribution < 1.29 is 0 Å². The van der Waals surface area contributed by atoms with Gasteiger partial charge in [-0.15, -0.1) is 0 Å². The van der Waals surface area contributed by atoms with Crippen molar-refractivity contribution in [2.45, 2.75) is 13.0 Å². The number of hydrogen-bond acceptors (Lipinski definition) is 6. The summed E-state index contributed by atoms with van der Waals surface area (Å²) in [5.41, 5.74) is 1.31. The van der Waals surface area contributed by atoms with Gasteiger partial charge in [0.15, 0.2) is 0 Å². The molecule has 0 atom stereocenters. The van der Waals surface area contributed by atoms with E-state index in [1.807, 2.05) is 6.92 Å². The van der Waals surface area contributed by atoms with E-state index in [2.05, 4.69) is 31.2 Å². The molecule has 0 spiro atoms. The zero-order valence-corrected chi connectivity index (χ0v) is 11.1. The summed E-state index contributed by atoms with van der Waals surface area (Å²) in [6.45, 7) is 8.24. The first-order valence-corrected chi connectivity index (χ1v) is 6.72. The SMILES string of the molecule is Cc1cc(C#N)nc(N2CC(N3CCNCC3)C2)n1. The largest absolute Gasteiger partial charge is 0.338 e. The number of aromatic nitrogens is 2. The molecule has 6 heteroatoms. The molecule has 0 amide bonds. The molecule has 100 valence electrons. The molecule has 1 aromatic heterocycles. The zero-order valence-electron chi connectivity index (χ0n) is 11.1. The Morgan fingerprint density at radius 2 is 2.05 bits per heavy atom. The van der Waals surface area contributed by atoms with Crippen LogP contribution in [0.1, 0.15) is 11.4 Å². The van der Waals surface area contributed by atoms with E-state index in [1.165, 1.54) is 0 Å². The molecule has 2 aliphatic heterocycles. The normalized spacial score (nSPS) is 20.9. The van der Waals surface area contributed by atoms with Crippen LogP contribution in [-0.2, 0) is 0 Å². The van der Waals surface area contributed by atoms with E-state index in [-0.39, 0.29) is 0 Å². The number of anilines is 1. The highest BCUT2D eigenvalue weighted by Crippen LogP contribution is 2.21. The highest BCUT2D eigenvalue weighted by molar-refractivity contribution is 5.39. The molecule has 6 nitrogen and oxygen atoms in total. The van der Waals surface area contributed by atoms with E-state index in [1.54, 1.807) is 6.07 Å². The standard InChI is InChI=1S/C13H18N6/c1-10-6-11(7-14)17-13(16-10)19-8-12(9-19)18-4-2-15-3-5-18/h6,12,15H,2-5,8-9H2,1H3. The van der Waals surface area contributed by atoms with Crippen molar-refractivity contribution in [1.82, 2.24) is 20.2 Å². The maximum atomic E-state index is 8.94. The quantitative estimate of drug-likeness (QED) is 0.789. The molecular weight excluding hydrogens is 240 g/mol. The molecule has 0 radical (unpaired) electrons. The van der Waals surface area contributed by atoms with Crippen LogP contribution in [0.15, 0.2) is 6.07 Å². The lowest BCUT2D eigenvalue weighted by molar-refractivity contribution is 0.146. The first-order chi connectivity index (χ1) is 9.26. The number of piperazine rings is 1. The molecule has 1 N–H and O–H groups in total. The van der Waals surface area contributed by atoms with E-state index in [0.717, 1.165) is 45.0 Å². The Morgan fingerprint density at radius 3 is 2.74 bits per heavy atom. The molecule has 19 heavy (non-hydrogen) atoms. The minimum Gasteiger partial charge on any atom is -0.338 e. The molecular formula is C13H18N6. The summed E-state index contributed by atoms with van der Waals surface area (Å²) >= 11 is 0. The van der Waals surface area contributed by atoms with Crippen LogP contribution in [0.25, 0.3) is 0 Å². The Kier molecular flexibility index (Phi) is 3.32. The fraction of sp³-hybridized carbons (Fsp3) is 0.615. The molecule has 0 aromatic carbocycles. The zero-order chi connectivity index (χ0) is 13.2. The third-order valence-corrected chi connectivity index (χ3v) is 3.77. The van der Waals surface area contributed by atoms with Crippen LogP contribution in [0.4, 0.5) is 5.95 Å². The summed E-state index contributed by atoms with van der Waals surface area (Å²) in [5.74, 6) is 0.697. The van der Waals surface area contributed by atoms with E-state index in [4.69, 9.17) is 5.26 Å². The summed E-state index contributed by atoms with van der Waals surface area (Å²) in [5, 5.41) is 12.3.